The highest BCUT2D eigenvalue weighted by molar-refractivity contribution is 7.80. The Kier molecular flexibility index (Phi) is 5.78. The van der Waals surface area contributed by atoms with Crippen molar-refractivity contribution < 1.29 is 19.1 Å². The number of aliphatic hydroxyl groups is 1. The first-order chi connectivity index (χ1) is 14.6. The third-order valence-electron chi connectivity index (χ3n) is 5.05. The Morgan fingerprint density at radius 3 is 2.77 bits per heavy atom. The normalized spacial score (nSPS) is 18.3. The monoisotopic (exact) mass is 423 g/mol. The van der Waals surface area contributed by atoms with Crippen LogP contribution in [0.2, 0.25) is 0 Å². The second-order valence-corrected chi connectivity index (χ2v) is 7.17. The first-order valence-electron chi connectivity index (χ1n) is 9.50. The summed E-state index contributed by atoms with van der Waals surface area (Å²) in [6.45, 7) is 0.306. The lowest BCUT2D eigenvalue weighted by Gasteiger charge is -2.25. The molecule has 0 radical (unpaired) electrons. The van der Waals surface area contributed by atoms with E-state index in [4.69, 9.17) is 21.4 Å². The van der Waals surface area contributed by atoms with Crippen molar-refractivity contribution in [3.63, 3.8) is 0 Å². The van der Waals surface area contributed by atoms with Crippen LogP contribution < -0.4 is 5.32 Å². The Morgan fingerprint density at radius 2 is 2.03 bits per heavy atom. The zero-order valence-corrected chi connectivity index (χ0v) is 17.1. The van der Waals surface area contributed by atoms with E-state index in [1.54, 1.807) is 18.3 Å². The summed E-state index contributed by atoms with van der Waals surface area (Å²) in [5.74, 6) is 0.772. The van der Waals surface area contributed by atoms with Crippen LogP contribution in [0.4, 0.5) is 0 Å². The first-order valence-corrected chi connectivity index (χ1v) is 9.91. The molecule has 4 rings (SSSR count). The van der Waals surface area contributed by atoms with Gasteiger partial charge in [-0.2, -0.15) is 0 Å². The topological polar surface area (TPSA) is 87.8 Å². The number of pyridine rings is 1. The molecule has 2 atom stereocenters. The third kappa shape index (κ3) is 3.67. The minimum Gasteiger partial charge on any atom is -0.465 e. The summed E-state index contributed by atoms with van der Waals surface area (Å²) >= 11 is 5.50. The molecule has 1 fully saturated rings. The molecule has 0 aliphatic carbocycles. The third-order valence-corrected chi connectivity index (χ3v) is 5.41. The van der Waals surface area contributed by atoms with E-state index in [0.717, 1.165) is 5.69 Å². The number of aromatic nitrogens is 1. The molecule has 1 aliphatic heterocycles. The van der Waals surface area contributed by atoms with Crippen LogP contribution in [0.1, 0.15) is 33.9 Å². The highest BCUT2D eigenvalue weighted by Gasteiger charge is 2.41. The fraction of sp³-hybridized carbons (Fsp3) is 0.227. The number of carbonyl (C=O) groups excluding carboxylic acids is 1. The molecule has 1 saturated heterocycles. The molecule has 0 bridgehead atoms. The molecule has 3 aromatic rings. The zero-order valence-electron chi connectivity index (χ0n) is 16.3. The van der Waals surface area contributed by atoms with Gasteiger partial charge in [-0.05, 0) is 42.5 Å². The van der Waals surface area contributed by atoms with Gasteiger partial charge in [-0.25, -0.2) is 4.79 Å². The van der Waals surface area contributed by atoms with Crippen molar-refractivity contribution in [2.75, 3.05) is 20.3 Å². The Labute approximate surface area is 179 Å². The minimum absolute atomic E-state index is 0.0496. The number of ether oxygens (including phenoxy) is 1. The van der Waals surface area contributed by atoms with Gasteiger partial charge in [0.2, 0.25) is 0 Å². The summed E-state index contributed by atoms with van der Waals surface area (Å²) in [7, 11) is 1.35. The Bertz CT molecular complexity index is 1050. The van der Waals surface area contributed by atoms with E-state index in [-0.39, 0.29) is 18.7 Å². The number of aliphatic hydroxyl groups excluding tert-OH is 1. The number of carbonyl (C=O) groups is 1. The highest BCUT2D eigenvalue weighted by Crippen LogP contribution is 2.40. The van der Waals surface area contributed by atoms with Crippen LogP contribution in [-0.4, -0.2) is 46.3 Å². The molecule has 1 aliphatic rings. The maximum atomic E-state index is 12.2. The smallest absolute Gasteiger partial charge is 0.338 e. The average molecular weight is 423 g/mol. The predicted molar refractivity (Wildman–Crippen MR) is 115 cm³/mol. The van der Waals surface area contributed by atoms with Crippen molar-refractivity contribution >= 4 is 23.3 Å². The van der Waals surface area contributed by atoms with Crippen molar-refractivity contribution in [2.45, 2.75) is 12.1 Å². The molecule has 0 saturated carbocycles. The lowest BCUT2D eigenvalue weighted by molar-refractivity contribution is 0.0601. The van der Waals surface area contributed by atoms with Gasteiger partial charge >= 0.3 is 5.97 Å². The number of nitrogens with zero attached hydrogens (tertiary/aromatic N) is 2. The van der Waals surface area contributed by atoms with Crippen molar-refractivity contribution in [1.82, 2.24) is 15.2 Å². The number of β-amino-alcohol motifs (C(OH)–C–C–N with tert-alkyl or cyclic N) is 1. The van der Waals surface area contributed by atoms with Gasteiger partial charge < -0.3 is 24.5 Å². The van der Waals surface area contributed by atoms with Gasteiger partial charge in [0.15, 0.2) is 5.11 Å². The number of furan rings is 1. The van der Waals surface area contributed by atoms with E-state index < -0.39 is 5.97 Å². The van der Waals surface area contributed by atoms with Crippen molar-refractivity contribution in [1.29, 1.82) is 0 Å². The first kappa shape index (κ1) is 20.1. The van der Waals surface area contributed by atoms with Gasteiger partial charge in [-0.3, -0.25) is 4.98 Å². The zero-order chi connectivity index (χ0) is 21.1. The second kappa shape index (κ2) is 8.64. The number of benzene rings is 1. The van der Waals surface area contributed by atoms with Crippen LogP contribution in [0.15, 0.2) is 65.2 Å². The minimum atomic E-state index is -0.430. The second-order valence-electron chi connectivity index (χ2n) is 6.78. The van der Waals surface area contributed by atoms with Crippen LogP contribution in [0.25, 0.3) is 11.3 Å². The molecule has 2 aromatic heterocycles. The fourth-order valence-corrected chi connectivity index (χ4v) is 4.04. The van der Waals surface area contributed by atoms with Gasteiger partial charge in [0.05, 0.1) is 31.0 Å². The standard InChI is InChI=1S/C22H21N3O4S/c1-28-21(27)15-7-3-2-6-14(15)17-9-10-18(29-17)20-19(16-8-4-5-11-23-16)24-22(30)25(20)12-13-26/h2-11,19-20,26H,12-13H2,1H3,(H,24,30)/t19-,20-/m0/s1. The van der Waals surface area contributed by atoms with Gasteiger partial charge in [-0.1, -0.05) is 24.3 Å². The van der Waals surface area contributed by atoms with Crippen LogP contribution in [0.5, 0.6) is 0 Å². The number of hydrogen-bond acceptors (Lipinski definition) is 6. The van der Waals surface area contributed by atoms with Gasteiger partial charge in [-0.15, -0.1) is 0 Å². The van der Waals surface area contributed by atoms with E-state index in [9.17, 15) is 9.90 Å². The van der Waals surface area contributed by atoms with Crippen LogP contribution >= 0.6 is 12.2 Å². The maximum Gasteiger partial charge on any atom is 0.338 e. The SMILES string of the molecule is COC(=O)c1ccccc1-c1ccc([C@H]2[C@H](c3ccccn3)NC(=S)N2CCO)o1. The fourth-order valence-electron chi connectivity index (χ4n) is 3.71. The summed E-state index contributed by atoms with van der Waals surface area (Å²) in [6.07, 6.45) is 1.73. The van der Waals surface area contributed by atoms with Gasteiger partial charge in [0, 0.05) is 18.3 Å². The van der Waals surface area contributed by atoms with E-state index >= 15 is 0 Å². The van der Waals surface area contributed by atoms with Crippen molar-refractivity contribution in [3.8, 4) is 11.3 Å². The molecule has 2 N–H and O–H groups in total. The molecule has 7 nitrogen and oxygen atoms in total. The van der Waals surface area contributed by atoms with Crippen LogP contribution in [0, 0.1) is 0 Å². The van der Waals surface area contributed by atoms with Crippen molar-refractivity contribution in [2.24, 2.45) is 0 Å². The maximum absolute atomic E-state index is 12.2. The summed E-state index contributed by atoms with van der Waals surface area (Å²) in [4.78, 5) is 18.5. The van der Waals surface area contributed by atoms with Gasteiger partial charge in [0.25, 0.3) is 0 Å². The molecule has 0 amide bonds. The quantitative estimate of drug-likeness (QED) is 0.462. The van der Waals surface area contributed by atoms with E-state index in [0.29, 0.717) is 34.3 Å². The highest BCUT2D eigenvalue weighted by atomic mass is 32.1. The summed E-state index contributed by atoms with van der Waals surface area (Å²) in [6, 6.07) is 16.0. The molecule has 0 spiro atoms. The Hall–Kier alpha value is -3.23. The van der Waals surface area contributed by atoms with E-state index in [2.05, 4.69) is 10.3 Å². The number of nitrogens with one attached hydrogen (secondary N) is 1. The molecular formula is C22H21N3O4S. The Balaban J connectivity index is 1.74. The van der Waals surface area contributed by atoms with Gasteiger partial charge in [0.1, 0.15) is 17.6 Å². The number of methoxy groups -OCH3 is 1. The number of esters is 1. The molecule has 1 aromatic carbocycles. The molecule has 3 heterocycles. The predicted octanol–water partition coefficient (Wildman–Crippen LogP) is 3.09. The van der Waals surface area contributed by atoms with Crippen molar-refractivity contribution in [3.05, 3.63) is 77.8 Å². The lowest BCUT2D eigenvalue weighted by Crippen LogP contribution is -2.32. The van der Waals surface area contributed by atoms with E-state index in [1.165, 1.54) is 7.11 Å². The summed E-state index contributed by atoms with van der Waals surface area (Å²) in [5, 5.41) is 13.4. The molecule has 30 heavy (non-hydrogen) atoms. The Morgan fingerprint density at radius 1 is 1.23 bits per heavy atom. The lowest BCUT2D eigenvalue weighted by atomic mass is 10.0. The average Bonchev–Trinajstić information content (AvgIpc) is 3.39. The molecular weight excluding hydrogens is 402 g/mol. The number of hydrogen-bond donors (Lipinski definition) is 2. The summed E-state index contributed by atoms with van der Waals surface area (Å²) in [5.41, 5.74) is 1.89. The molecule has 8 heteroatoms. The largest absolute Gasteiger partial charge is 0.465 e. The summed E-state index contributed by atoms with van der Waals surface area (Å²) < 4.78 is 11.1. The molecule has 154 valence electrons. The van der Waals surface area contributed by atoms with Crippen LogP contribution in [-0.2, 0) is 4.74 Å². The molecule has 0 unspecified atom stereocenters. The van der Waals surface area contributed by atoms with Crippen LogP contribution in [0.3, 0.4) is 0 Å². The number of thiocarbonyl (C=S) groups is 1. The number of rotatable bonds is 6. The van der Waals surface area contributed by atoms with E-state index in [1.807, 2.05) is 47.4 Å².